The van der Waals surface area contributed by atoms with Crippen LogP contribution in [0.25, 0.3) is 0 Å². The summed E-state index contributed by atoms with van der Waals surface area (Å²) < 4.78 is 31.7. The van der Waals surface area contributed by atoms with Crippen molar-refractivity contribution in [3.8, 4) is 5.75 Å². The van der Waals surface area contributed by atoms with Gasteiger partial charge in [0.25, 0.3) is 0 Å². The Morgan fingerprint density at radius 2 is 1.76 bits per heavy atom. The molecule has 0 bridgehead atoms. The molecule has 0 amide bonds. The van der Waals surface area contributed by atoms with Crippen LogP contribution in [-0.4, -0.2) is 18.3 Å². The van der Waals surface area contributed by atoms with Crippen molar-refractivity contribution < 1.29 is 18.6 Å². The summed E-state index contributed by atoms with van der Waals surface area (Å²) in [6.07, 6.45) is 0.170. The van der Waals surface area contributed by atoms with Gasteiger partial charge in [0.1, 0.15) is 5.60 Å². The molecule has 0 saturated carbocycles. The third kappa shape index (κ3) is 3.56. The molecule has 0 spiro atoms. The highest BCUT2D eigenvalue weighted by Crippen LogP contribution is 2.25. The monoisotopic (exact) mass is 293 g/mol. The zero-order valence-electron chi connectivity index (χ0n) is 11.4. The Hall–Kier alpha value is -1.98. The van der Waals surface area contributed by atoms with Crippen LogP contribution < -0.4 is 10.5 Å². The molecule has 21 heavy (non-hydrogen) atoms. The number of benzene rings is 2. The van der Waals surface area contributed by atoms with Gasteiger partial charge in [-0.3, -0.25) is 0 Å². The van der Waals surface area contributed by atoms with Crippen LogP contribution in [0.15, 0.2) is 48.5 Å². The van der Waals surface area contributed by atoms with Crippen LogP contribution in [-0.2, 0) is 5.60 Å². The van der Waals surface area contributed by atoms with Crippen molar-refractivity contribution >= 4 is 0 Å². The van der Waals surface area contributed by atoms with E-state index in [9.17, 15) is 13.9 Å². The summed E-state index contributed by atoms with van der Waals surface area (Å²) in [6, 6.07) is 12.7. The van der Waals surface area contributed by atoms with Gasteiger partial charge in [0.15, 0.2) is 11.6 Å². The van der Waals surface area contributed by atoms with Crippen molar-refractivity contribution in [3.63, 3.8) is 0 Å². The van der Waals surface area contributed by atoms with Crippen LogP contribution in [0, 0.1) is 11.6 Å². The highest BCUT2D eigenvalue weighted by molar-refractivity contribution is 5.25. The lowest BCUT2D eigenvalue weighted by Crippen LogP contribution is -2.36. The Labute approximate surface area is 122 Å². The largest absolute Gasteiger partial charge is 0.490 e. The van der Waals surface area contributed by atoms with Crippen LogP contribution in [0.3, 0.4) is 0 Å². The molecule has 0 heterocycles. The molecule has 2 rings (SSSR count). The van der Waals surface area contributed by atoms with E-state index < -0.39 is 17.2 Å². The highest BCUT2D eigenvalue weighted by Gasteiger charge is 2.27. The van der Waals surface area contributed by atoms with E-state index in [-0.39, 0.29) is 25.3 Å². The normalized spacial score (nSPS) is 13.7. The van der Waals surface area contributed by atoms with Crippen LogP contribution in [0.2, 0.25) is 0 Å². The second-order valence-electron chi connectivity index (χ2n) is 4.75. The average Bonchev–Trinajstić information content (AvgIpc) is 2.52. The van der Waals surface area contributed by atoms with Crippen molar-refractivity contribution in [1.29, 1.82) is 0 Å². The molecule has 0 aliphatic heterocycles. The molecule has 3 nitrogen and oxygen atoms in total. The summed E-state index contributed by atoms with van der Waals surface area (Å²) in [5, 5.41) is 10.5. The van der Waals surface area contributed by atoms with E-state index >= 15 is 0 Å². The van der Waals surface area contributed by atoms with Gasteiger partial charge in [0.2, 0.25) is 5.82 Å². The molecular weight excluding hydrogens is 276 g/mol. The maximum Gasteiger partial charge on any atom is 0.200 e. The Kier molecular flexibility index (Phi) is 4.88. The van der Waals surface area contributed by atoms with Gasteiger partial charge in [-0.1, -0.05) is 36.4 Å². The molecule has 2 aromatic carbocycles. The molecule has 0 saturated heterocycles. The van der Waals surface area contributed by atoms with Gasteiger partial charge in [0, 0.05) is 13.0 Å². The Balaban J connectivity index is 2.03. The second kappa shape index (κ2) is 6.65. The van der Waals surface area contributed by atoms with E-state index in [0.717, 1.165) is 6.07 Å². The molecule has 0 radical (unpaired) electrons. The predicted octanol–water partition coefficient (Wildman–Crippen LogP) is 2.58. The van der Waals surface area contributed by atoms with Gasteiger partial charge in [-0.25, -0.2) is 4.39 Å². The van der Waals surface area contributed by atoms with E-state index in [1.807, 2.05) is 6.07 Å². The molecule has 1 atom stereocenters. The zero-order valence-corrected chi connectivity index (χ0v) is 11.4. The SMILES string of the molecule is NCC(O)(CCOc1cccc(F)c1F)c1ccccc1. The lowest BCUT2D eigenvalue weighted by Gasteiger charge is -2.27. The summed E-state index contributed by atoms with van der Waals surface area (Å²) in [7, 11) is 0. The standard InChI is InChI=1S/C16H17F2NO2/c17-13-7-4-8-14(15(13)18)21-10-9-16(20,11-19)12-5-2-1-3-6-12/h1-8,20H,9-11,19H2. The van der Waals surface area contributed by atoms with Gasteiger partial charge in [-0.05, 0) is 17.7 Å². The minimum atomic E-state index is -1.26. The fraction of sp³-hybridized carbons (Fsp3) is 0.250. The Morgan fingerprint density at radius 3 is 2.43 bits per heavy atom. The number of ether oxygens (including phenoxy) is 1. The van der Waals surface area contributed by atoms with Crippen LogP contribution in [0.5, 0.6) is 5.75 Å². The fourth-order valence-electron chi connectivity index (χ4n) is 2.04. The fourth-order valence-corrected chi connectivity index (χ4v) is 2.04. The third-order valence-corrected chi connectivity index (χ3v) is 3.34. The predicted molar refractivity (Wildman–Crippen MR) is 75.9 cm³/mol. The molecule has 2 aromatic rings. The van der Waals surface area contributed by atoms with Crippen LogP contribution in [0.1, 0.15) is 12.0 Å². The molecule has 5 heteroatoms. The lowest BCUT2D eigenvalue weighted by atomic mass is 9.91. The number of aliphatic hydroxyl groups is 1. The summed E-state index contributed by atoms with van der Waals surface area (Å²) in [4.78, 5) is 0. The first-order valence-corrected chi connectivity index (χ1v) is 6.61. The number of hydrogen-bond donors (Lipinski definition) is 2. The molecule has 0 aromatic heterocycles. The summed E-state index contributed by atoms with van der Waals surface area (Å²) in [6.45, 7) is 0.0228. The van der Waals surface area contributed by atoms with E-state index in [2.05, 4.69) is 0 Å². The Morgan fingerprint density at radius 1 is 1.05 bits per heavy atom. The molecule has 112 valence electrons. The second-order valence-corrected chi connectivity index (χ2v) is 4.75. The van der Waals surface area contributed by atoms with Crippen molar-refractivity contribution in [1.82, 2.24) is 0 Å². The number of hydrogen-bond acceptors (Lipinski definition) is 3. The van der Waals surface area contributed by atoms with Crippen molar-refractivity contribution in [2.45, 2.75) is 12.0 Å². The van der Waals surface area contributed by atoms with Crippen LogP contribution in [0.4, 0.5) is 8.78 Å². The maximum atomic E-state index is 13.4. The highest BCUT2D eigenvalue weighted by atomic mass is 19.2. The van der Waals surface area contributed by atoms with E-state index in [1.54, 1.807) is 24.3 Å². The smallest absolute Gasteiger partial charge is 0.200 e. The number of nitrogens with two attached hydrogens (primary N) is 1. The van der Waals surface area contributed by atoms with E-state index in [1.165, 1.54) is 12.1 Å². The zero-order chi connectivity index (χ0) is 15.3. The van der Waals surface area contributed by atoms with Crippen molar-refractivity contribution in [2.24, 2.45) is 5.73 Å². The minimum absolute atomic E-state index is 0.00596. The molecule has 0 aliphatic rings. The summed E-state index contributed by atoms with van der Waals surface area (Å²) >= 11 is 0. The van der Waals surface area contributed by atoms with Gasteiger partial charge < -0.3 is 15.6 Å². The topological polar surface area (TPSA) is 55.5 Å². The minimum Gasteiger partial charge on any atom is -0.490 e. The first-order valence-electron chi connectivity index (χ1n) is 6.61. The quantitative estimate of drug-likeness (QED) is 0.860. The average molecular weight is 293 g/mol. The van der Waals surface area contributed by atoms with Crippen molar-refractivity contribution in [2.75, 3.05) is 13.2 Å². The third-order valence-electron chi connectivity index (χ3n) is 3.34. The molecule has 1 unspecified atom stereocenters. The number of rotatable bonds is 6. The Bertz CT molecular complexity index is 592. The van der Waals surface area contributed by atoms with E-state index in [4.69, 9.17) is 10.5 Å². The molecule has 0 fully saturated rings. The molecular formula is C16H17F2NO2. The van der Waals surface area contributed by atoms with Gasteiger partial charge in [0.05, 0.1) is 6.61 Å². The summed E-state index contributed by atoms with van der Waals surface area (Å²) in [5.41, 5.74) is 5.04. The molecule has 0 aliphatic carbocycles. The van der Waals surface area contributed by atoms with Crippen LogP contribution >= 0.6 is 0 Å². The summed E-state index contributed by atoms with van der Waals surface area (Å²) in [5.74, 6) is -2.18. The van der Waals surface area contributed by atoms with Gasteiger partial charge >= 0.3 is 0 Å². The van der Waals surface area contributed by atoms with E-state index in [0.29, 0.717) is 5.56 Å². The first kappa shape index (κ1) is 15.4. The molecule has 3 N–H and O–H groups in total. The number of halogens is 2. The van der Waals surface area contributed by atoms with Gasteiger partial charge in [-0.2, -0.15) is 4.39 Å². The first-order chi connectivity index (χ1) is 10.1. The maximum absolute atomic E-state index is 13.4. The van der Waals surface area contributed by atoms with Crippen molar-refractivity contribution in [3.05, 3.63) is 65.7 Å². The van der Waals surface area contributed by atoms with Gasteiger partial charge in [-0.15, -0.1) is 0 Å². The lowest BCUT2D eigenvalue weighted by molar-refractivity contribution is 0.0228.